The van der Waals surface area contributed by atoms with Crippen molar-refractivity contribution in [3.8, 4) is 11.1 Å². The summed E-state index contributed by atoms with van der Waals surface area (Å²) in [6.45, 7) is -0.0213. The molecule has 0 fully saturated rings. The van der Waals surface area contributed by atoms with E-state index in [1.807, 2.05) is 0 Å². The van der Waals surface area contributed by atoms with Gasteiger partial charge >= 0.3 is 18.0 Å². The molecule has 158 valence electrons. The molecular weight excluding hydrogens is 411 g/mol. The molecule has 0 aliphatic carbocycles. The van der Waals surface area contributed by atoms with Gasteiger partial charge in [-0.15, -0.1) is 0 Å². The molecule has 0 bridgehead atoms. The zero-order chi connectivity index (χ0) is 21.9. The summed E-state index contributed by atoms with van der Waals surface area (Å²) >= 11 is 0. The average Bonchev–Trinajstić information content (AvgIpc) is 3.11. The van der Waals surface area contributed by atoms with E-state index in [2.05, 4.69) is 10.1 Å². The van der Waals surface area contributed by atoms with Gasteiger partial charge in [0, 0.05) is 37.6 Å². The quantitative estimate of drug-likeness (QED) is 0.602. The Hall–Kier alpha value is -2.86. The van der Waals surface area contributed by atoms with E-state index in [0.29, 0.717) is 16.6 Å². The number of nitrogens with zero attached hydrogens (tertiary/aromatic N) is 5. The van der Waals surface area contributed by atoms with Gasteiger partial charge in [-0.05, 0) is 6.92 Å². The van der Waals surface area contributed by atoms with E-state index in [1.165, 1.54) is 17.8 Å². The molecule has 6 nitrogen and oxygen atoms in total. The van der Waals surface area contributed by atoms with E-state index in [0.717, 1.165) is 10.6 Å². The lowest BCUT2D eigenvalue weighted by Gasteiger charge is -2.22. The highest BCUT2D eigenvalue weighted by molar-refractivity contribution is 5.65. The van der Waals surface area contributed by atoms with Gasteiger partial charge in [-0.3, -0.25) is 13.9 Å². The molecule has 0 unspecified atom stereocenters. The highest BCUT2D eigenvalue weighted by Crippen LogP contribution is 2.36. The van der Waals surface area contributed by atoms with Gasteiger partial charge in [0.15, 0.2) is 5.69 Å². The maximum Gasteiger partial charge on any atom is 0.434 e. The Balaban J connectivity index is 2.19. The Morgan fingerprint density at radius 3 is 2.24 bits per heavy atom. The molecule has 0 amide bonds. The summed E-state index contributed by atoms with van der Waals surface area (Å²) in [4.78, 5) is 16.2. The van der Waals surface area contributed by atoms with Crippen molar-refractivity contribution in [1.29, 1.82) is 0 Å². The lowest BCUT2D eigenvalue weighted by molar-refractivity contribution is -0.205. The molecule has 0 atom stereocenters. The van der Waals surface area contributed by atoms with Gasteiger partial charge in [0.1, 0.15) is 6.54 Å². The standard InChI is InChI=1S/C16H14F7N5O/c1-8-5-28-12(29)10(11(16(21,22)23)25-13(28)26(8)3)9-4-24-27(6-9)7-15(19,20)14(2,17)18/h4-6H,7H2,1-3H3. The van der Waals surface area contributed by atoms with E-state index >= 15 is 0 Å². The second-order valence-corrected chi connectivity index (χ2v) is 6.66. The smallest absolute Gasteiger partial charge is 0.317 e. The van der Waals surface area contributed by atoms with Crippen molar-refractivity contribution in [1.82, 2.24) is 23.7 Å². The Morgan fingerprint density at radius 2 is 1.69 bits per heavy atom. The van der Waals surface area contributed by atoms with Crippen LogP contribution in [-0.2, 0) is 19.8 Å². The van der Waals surface area contributed by atoms with E-state index in [4.69, 9.17) is 0 Å². The zero-order valence-corrected chi connectivity index (χ0v) is 15.2. The van der Waals surface area contributed by atoms with Crippen LogP contribution in [0.1, 0.15) is 18.3 Å². The molecule has 0 spiro atoms. The minimum absolute atomic E-state index is 0.0150. The fourth-order valence-electron chi connectivity index (χ4n) is 2.69. The average molecular weight is 425 g/mol. The van der Waals surface area contributed by atoms with Gasteiger partial charge in [0.05, 0.1) is 11.8 Å². The van der Waals surface area contributed by atoms with Crippen molar-refractivity contribution >= 4 is 5.78 Å². The predicted molar refractivity (Wildman–Crippen MR) is 87.0 cm³/mol. The van der Waals surface area contributed by atoms with E-state index in [1.54, 1.807) is 6.92 Å². The Labute approximate surface area is 158 Å². The number of rotatable bonds is 4. The molecule has 0 aromatic carbocycles. The third-order valence-corrected chi connectivity index (χ3v) is 4.43. The number of hydrogen-bond acceptors (Lipinski definition) is 3. The molecule has 29 heavy (non-hydrogen) atoms. The third-order valence-electron chi connectivity index (χ3n) is 4.43. The second-order valence-electron chi connectivity index (χ2n) is 6.66. The number of imidazole rings is 1. The summed E-state index contributed by atoms with van der Waals surface area (Å²) in [7, 11) is 1.42. The zero-order valence-electron chi connectivity index (χ0n) is 15.2. The first kappa shape index (κ1) is 20.9. The van der Waals surface area contributed by atoms with E-state index < -0.39 is 46.9 Å². The van der Waals surface area contributed by atoms with Crippen LogP contribution in [0.4, 0.5) is 30.7 Å². The van der Waals surface area contributed by atoms with Gasteiger partial charge in [-0.25, -0.2) is 13.8 Å². The largest absolute Gasteiger partial charge is 0.434 e. The molecule has 0 aliphatic rings. The molecule has 0 saturated heterocycles. The number of alkyl halides is 7. The van der Waals surface area contributed by atoms with Crippen LogP contribution in [0.15, 0.2) is 23.4 Å². The molecule has 0 radical (unpaired) electrons. The highest BCUT2D eigenvalue weighted by Gasteiger charge is 2.52. The number of fused-ring (bicyclic) bond motifs is 1. The van der Waals surface area contributed by atoms with Gasteiger partial charge < -0.3 is 4.57 Å². The topological polar surface area (TPSA) is 57.1 Å². The molecule has 3 aromatic rings. The lowest BCUT2D eigenvalue weighted by atomic mass is 10.1. The summed E-state index contributed by atoms with van der Waals surface area (Å²) in [6, 6.07) is 0. The minimum atomic E-state index is -5.04. The first-order valence-electron chi connectivity index (χ1n) is 8.08. The molecule has 13 heteroatoms. The first-order chi connectivity index (χ1) is 13.1. The summed E-state index contributed by atoms with van der Waals surface area (Å²) < 4.78 is 96.3. The molecular formula is C16H14F7N5O. The van der Waals surface area contributed by atoms with Crippen molar-refractivity contribution in [3.05, 3.63) is 40.3 Å². The molecule has 3 heterocycles. The van der Waals surface area contributed by atoms with Gasteiger partial charge in [0.25, 0.3) is 5.56 Å². The fourth-order valence-corrected chi connectivity index (χ4v) is 2.69. The molecule has 3 aromatic heterocycles. The number of hydrogen-bond donors (Lipinski definition) is 0. The van der Waals surface area contributed by atoms with E-state index in [-0.39, 0.29) is 12.7 Å². The van der Waals surface area contributed by atoms with Crippen molar-refractivity contribution in [2.45, 2.75) is 38.4 Å². The number of aromatic nitrogens is 5. The Morgan fingerprint density at radius 1 is 1.07 bits per heavy atom. The number of halogens is 7. The second kappa shape index (κ2) is 6.32. The molecule has 0 aliphatic heterocycles. The summed E-state index contributed by atoms with van der Waals surface area (Å²) in [5, 5.41) is 3.41. The Bertz CT molecular complexity index is 1130. The van der Waals surface area contributed by atoms with Gasteiger partial charge in [-0.2, -0.15) is 27.1 Å². The van der Waals surface area contributed by atoms with Crippen molar-refractivity contribution < 1.29 is 30.7 Å². The summed E-state index contributed by atoms with van der Waals surface area (Å²) in [5.41, 5.74) is -3.58. The van der Waals surface area contributed by atoms with Crippen LogP contribution >= 0.6 is 0 Å². The first-order valence-corrected chi connectivity index (χ1v) is 8.08. The summed E-state index contributed by atoms with van der Waals surface area (Å²) in [6.07, 6.45) is -2.37. The summed E-state index contributed by atoms with van der Waals surface area (Å²) in [5.74, 6) is -9.15. The maximum absolute atomic E-state index is 13.6. The lowest BCUT2D eigenvalue weighted by Crippen LogP contribution is -2.41. The fraction of sp³-hybridized carbons (Fsp3) is 0.438. The SMILES string of the molecule is Cc1cn2c(=O)c(-c3cnn(CC(F)(F)C(C)(F)F)c3)c(C(F)(F)F)nc2n1C. The maximum atomic E-state index is 13.6. The van der Waals surface area contributed by atoms with Gasteiger partial charge in [0.2, 0.25) is 5.78 Å². The molecule has 0 N–H and O–H groups in total. The van der Waals surface area contributed by atoms with Crippen LogP contribution in [0.2, 0.25) is 0 Å². The predicted octanol–water partition coefficient (Wildman–Crippen LogP) is 3.51. The van der Waals surface area contributed by atoms with Crippen LogP contribution < -0.4 is 5.56 Å². The van der Waals surface area contributed by atoms with Crippen LogP contribution in [0.3, 0.4) is 0 Å². The van der Waals surface area contributed by atoms with Crippen molar-refractivity contribution in [2.75, 3.05) is 0 Å². The monoisotopic (exact) mass is 425 g/mol. The van der Waals surface area contributed by atoms with Crippen LogP contribution in [0.5, 0.6) is 0 Å². The molecule has 3 rings (SSSR count). The Kier molecular flexibility index (Phi) is 4.55. The van der Waals surface area contributed by atoms with Crippen LogP contribution in [-0.4, -0.2) is 35.6 Å². The normalized spacial score (nSPS) is 13.4. The van der Waals surface area contributed by atoms with Crippen molar-refractivity contribution in [2.24, 2.45) is 7.05 Å². The third kappa shape index (κ3) is 3.49. The van der Waals surface area contributed by atoms with Crippen LogP contribution in [0.25, 0.3) is 16.9 Å². The van der Waals surface area contributed by atoms with Gasteiger partial charge in [-0.1, -0.05) is 0 Å². The highest BCUT2D eigenvalue weighted by atomic mass is 19.4. The molecule has 0 saturated carbocycles. The number of aryl methyl sites for hydroxylation is 2. The van der Waals surface area contributed by atoms with Crippen LogP contribution in [0, 0.1) is 6.92 Å². The van der Waals surface area contributed by atoms with E-state index in [9.17, 15) is 35.5 Å². The minimum Gasteiger partial charge on any atom is -0.317 e. The van der Waals surface area contributed by atoms with Crippen molar-refractivity contribution in [3.63, 3.8) is 0 Å².